The second-order valence-electron chi connectivity index (χ2n) is 4.37. The molecule has 0 unspecified atom stereocenters. The van der Waals surface area contributed by atoms with Gasteiger partial charge in [0.25, 0.3) is 5.91 Å². The Morgan fingerprint density at radius 1 is 1.57 bits per heavy atom. The zero-order chi connectivity index (χ0) is 15.2. The number of nitrogens with one attached hydrogen (secondary N) is 1. The molecule has 1 amide bonds. The summed E-state index contributed by atoms with van der Waals surface area (Å²) in [6.45, 7) is 0.472. The molecule has 21 heavy (non-hydrogen) atoms. The number of aliphatic hydroxyl groups excluding tert-OH is 1. The average molecular weight is 323 g/mol. The fourth-order valence-electron chi connectivity index (χ4n) is 1.80. The monoisotopic (exact) mass is 322 g/mol. The van der Waals surface area contributed by atoms with Crippen LogP contribution >= 0.6 is 22.9 Å². The minimum atomic E-state index is -0.174. The first-order chi connectivity index (χ1) is 10.1. The Hall–Kier alpha value is -1.74. The zero-order valence-electron chi connectivity index (χ0n) is 11.5. The van der Waals surface area contributed by atoms with Crippen LogP contribution in [0.4, 0.5) is 0 Å². The number of halogens is 1. The van der Waals surface area contributed by atoms with Gasteiger partial charge in [0.1, 0.15) is 5.69 Å². The molecule has 0 aliphatic carbocycles. The number of hydrogen-bond acceptors (Lipinski definition) is 3. The summed E-state index contributed by atoms with van der Waals surface area (Å²) in [7, 11) is 1.78. The van der Waals surface area contributed by atoms with Crippen LogP contribution in [0.25, 0.3) is 0 Å². The molecule has 2 rings (SSSR count). The van der Waals surface area contributed by atoms with Crippen LogP contribution in [0.3, 0.4) is 0 Å². The molecule has 2 heterocycles. The molecule has 6 heteroatoms. The summed E-state index contributed by atoms with van der Waals surface area (Å²) in [6, 6.07) is 3.54. The lowest BCUT2D eigenvalue weighted by atomic mass is 10.2. The Morgan fingerprint density at radius 2 is 2.38 bits per heavy atom. The molecule has 0 aliphatic heterocycles. The molecule has 110 valence electrons. The van der Waals surface area contributed by atoms with Crippen molar-refractivity contribution < 1.29 is 9.90 Å². The fourth-order valence-corrected chi connectivity index (χ4v) is 2.82. The number of aromatic nitrogens is 1. The molecule has 0 saturated heterocycles. The van der Waals surface area contributed by atoms with Crippen LogP contribution in [-0.2, 0) is 13.6 Å². The second kappa shape index (κ2) is 7.32. The van der Waals surface area contributed by atoms with Crippen LogP contribution in [-0.4, -0.2) is 22.2 Å². The third-order valence-corrected chi connectivity index (χ3v) is 3.95. The van der Waals surface area contributed by atoms with Gasteiger partial charge in [0, 0.05) is 30.1 Å². The van der Waals surface area contributed by atoms with E-state index in [1.54, 1.807) is 35.2 Å². The van der Waals surface area contributed by atoms with Crippen LogP contribution in [0, 0.1) is 11.8 Å². The van der Waals surface area contributed by atoms with Crippen molar-refractivity contribution in [2.45, 2.75) is 13.0 Å². The molecule has 2 aromatic heterocycles. The molecule has 0 radical (unpaired) electrons. The minimum Gasteiger partial charge on any atom is -0.395 e. The third-order valence-electron chi connectivity index (χ3n) is 2.82. The number of rotatable bonds is 4. The van der Waals surface area contributed by atoms with E-state index in [0.29, 0.717) is 23.7 Å². The molecule has 0 saturated carbocycles. The number of hydrogen-bond donors (Lipinski definition) is 2. The van der Waals surface area contributed by atoms with Gasteiger partial charge in [-0.3, -0.25) is 4.79 Å². The van der Waals surface area contributed by atoms with Gasteiger partial charge in [-0.1, -0.05) is 23.4 Å². The van der Waals surface area contributed by atoms with Crippen molar-refractivity contribution in [1.29, 1.82) is 0 Å². The van der Waals surface area contributed by atoms with Crippen molar-refractivity contribution in [3.05, 3.63) is 44.9 Å². The van der Waals surface area contributed by atoms with Gasteiger partial charge in [-0.05, 0) is 17.5 Å². The van der Waals surface area contributed by atoms with Crippen molar-refractivity contribution >= 4 is 28.8 Å². The lowest BCUT2D eigenvalue weighted by Gasteiger charge is -2.05. The second-order valence-corrected chi connectivity index (χ2v) is 5.81. The average Bonchev–Trinajstić information content (AvgIpc) is 3.03. The maximum absolute atomic E-state index is 12.1. The van der Waals surface area contributed by atoms with Crippen molar-refractivity contribution in [3.63, 3.8) is 0 Å². The molecule has 2 N–H and O–H groups in total. The summed E-state index contributed by atoms with van der Waals surface area (Å²) < 4.78 is 1.69. The van der Waals surface area contributed by atoms with Crippen LogP contribution in [0.1, 0.15) is 27.3 Å². The first kappa shape index (κ1) is 15.6. The summed E-state index contributed by atoms with van der Waals surface area (Å²) in [5, 5.41) is 14.1. The molecule has 0 aromatic carbocycles. The van der Waals surface area contributed by atoms with Crippen LogP contribution in [0.15, 0.2) is 23.7 Å². The topological polar surface area (TPSA) is 54.3 Å². The van der Waals surface area contributed by atoms with E-state index < -0.39 is 0 Å². The van der Waals surface area contributed by atoms with Gasteiger partial charge in [0.2, 0.25) is 0 Å². The normalized spacial score (nSPS) is 10.0. The molecule has 0 aliphatic rings. The molecule has 0 fully saturated rings. The Labute approximate surface area is 132 Å². The fraction of sp³-hybridized carbons (Fsp3) is 0.267. The van der Waals surface area contributed by atoms with E-state index in [0.717, 1.165) is 10.4 Å². The van der Waals surface area contributed by atoms with Crippen molar-refractivity contribution in [3.8, 4) is 11.8 Å². The van der Waals surface area contributed by atoms with E-state index in [1.165, 1.54) is 0 Å². The van der Waals surface area contributed by atoms with Crippen molar-refractivity contribution in [1.82, 2.24) is 9.88 Å². The summed E-state index contributed by atoms with van der Waals surface area (Å²) in [6.07, 6.45) is 2.14. The SMILES string of the molecule is Cn1cc(Cl)cc1C(=O)NCc1sccc1C#CCCO. The van der Waals surface area contributed by atoms with Crippen LogP contribution in [0.2, 0.25) is 5.02 Å². The predicted octanol–water partition coefficient (Wildman–Crippen LogP) is 2.40. The highest BCUT2D eigenvalue weighted by molar-refractivity contribution is 7.10. The number of carbonyl (C=O) groups excluding carboxylic acids is 1. The zero-order valence-corrected chi connectivity index (χ0v) is 13.1. The standard InChI is InChI=1S/C15H15ClN2O2S/c1-18-10-12(16)8-13(18)15(20)17-9-14-11(5-7-21-14)4-2-3-6-19/h5,7-8,10,19H,3,6,9H2,1H3,(H,17,20). The largest absolute Gasteiger partial charge is 0.395 e. The molecule has 4 nitrogen and oxygen atoms in total. The molecule has 0 atom stereocenters. The van der Waals surface area contributed by atoms with Gasteiger partial charge in [-0.15, -0.1) is 11.3 Å². The molecule has 2 aromatic rings. The van der Waals surface area contributed by atoms with Gasteiger partial charge in [0.05, 0.1) is 18.2 Å². The van der Waals surface area contributed by atoms with E-state index >= 15 is 0 Å². The lowest BCUT2D eigenvalue weighted by Crippen LogP contribution is -2.24. The van der Waals surface area contributed by atoms with Gasteiger partial charge in [0.15, 0.2) is 0 Å². The molecular weight excluding hydrogens is 308 g/mol. The summed E-state index contributed by atoms with van der Waals surface area (Å²) in [4.78, 5) is 13.1. The van der Waals surface area contributed by atoms with Gasteiger partial charge in [-0.25, -0.2) is 0 Å². The summed E-state index contributed by atoms with van der Waals surface area (Å²) in [5.74, 6) is 5.70. The number of aliphatic hydroxyl groups is 1. The quantitative estimate of drug-likeness (QED) is 0.849. The number of carbonyl (C=O) groups is 1. The Kier molecular flexibility index (Phi) is 5.45. The van der Waals surface area contributed by atoms with E-state index in [1.807, 2.05) is 11.4 Å². The maximum Gasteiger partial charge on any atom is 0.268 e. The summed E-state index contributed by atoms with van der Waals surface area (Å²) in [5.41, 5.74) is 1.41. The lowest BCUT2D eigenvalue weighted by molar-refractivity contribution is 0.0943. The number of amides is 1. The van der Waals surface area contributed by atoms with E-state index in [4.69, 9.17) is 16.7 Å². The third kappa shape index (κ3) is 4.11. The Balaban J connectivity index is 2.01. The highest BCUT2D eigenvalue weighted by atomic mass is 35.5. The maximum atomic E-state index is 12.1. The van der Waals surface area contributed by atoms with Crippen LogP contribution in [0.5, 0.6) is 0 Å². The smallest absolute Gasteiger partial charge is 0.268 e. The minimum absolute atomic E-state index is 0.0530. The van der Waals surface area contributed by atoms with Gasteiger partial charge >= 0.3 is 0 Å². The van der Waals surface area contributed by atoms with Crippen molar-refractivity contribution in [2.75, 3.05) is 6.61 Å². The molecular formula is C15H15ClN2O2S. The van der Waals surface area contributed by atoms with E-state index in [9.17, 15) is 4.79 Å². The van der Waals surface area contributed by atoms with Gasteiger partial charge < -0.3 is 15.0 Å². The van der Waals surface area contributed by atoms with E-state index in [2.05, 4.69) is 17.2 Å². The van der Waals surface area contributed by atoms with Crippen LogP contribution < -0.4 is 5.32 Å². The van der Waals surface area contributed by atoms with Crippen molar-refractivity contribution in [2.24, 2.45) is 7.05 Å². The molecule has 0 bridgehead atoms. The number of nitrogens with zero attached hydrogens (tertiary/aromatic N) is 1. The predicted molar refractivity (Wildman–Crippen MR) is 84.5 cm³/mol. The first-order valence-corrected chi connectivity index (χ1v) is 7.63. The Morgan fingerprint density at radius 3 is 3.05 bits per heavy atom. The summed E-state index contributed by atoms with van der Waals surface area (Å²) >= 11 is 7.41. The number of aryl methyl sites for hydroxylation is 1. The highest BCUT2D eigenvalue weighted by Gasteiger charge is 2.11. The Bertz CT molecular complexity index is 694. The first-order valence-electron chi connectivity index (χ1n) is 6.38. The van der Waals surface area contributed by atoms with E-state index in [-0.39, 0.29) is 12.5 Å². The van der Waals surface area contributed by atoms with Gasteiger partial charge in [-0.2, -0.15) is 0 Å². The number of thiophene rings is 1. The highest BCUT2D eigenvalue weighted by Crippen LogP contribution is 2.16. The molecule has 0 spiro atoms.